The minimum atomic E-state index is -0.191. The molecule has 3 aromatic carbocycles. The van der Waals surface area contributed by atoms with Gasteiger partial charge in [-0.3, -0.25) is 14.2 Å². The predicted molar refractivity (Wildman–Crippen MR) is 142 cm³/mol. The summed E-state index contributed by atoms with van der Waals surface area (Å²) < 4.78 is 8.88. The SMILES string of the molecule is O=C1NC(=S)SC1=Cc1ccc(OCc2nc3ccccc3c(=O)n2-c2cccc(Br)c2)cc1. The molecule has 0 unspecified atom stereocenters. The Hall–Kier alpha value is -3.27. The van der Waals surface area contributed by atoms with Crippen molar-refractivity contribution in [2.75, 3.05) is 0 Å². The molecule has 1 aromatic heterocycles. The summed E-state index contributed by atoms with van der Waals surface area (Å²) in [6, 6.07) is 22.1. The fourth-order valence-corrected chi connectivity index (χ4v) is 4.97. The van der Waals surface area contributed by atoms with Crippen LogP contribution in [0.25, 0.3) is 22.7 Å². The molecule has 9 heteroatoms. The van der Waals surface area contributed by atoms with Gasteiger partial charge in [-0.15, -0.1) is 0 Å². The number of ether oxygens (including phenoxy) is 1. The number of benzene rings is 3. The number of rotatable bonds is 5. The first-order chi connectivity index (χ1) is 16.5. The number of para-hydroxylation sites is 1. The first-order valence-electron chi connectivity index (χ1n) is 10.2. The number of thiocarbonyl (C=S) groups is 1. The second kappa shape index (κ2) is 9.54. The summed E-state index contributed by atoms with van der Waals surface area (Å²) in [6.45, 7) is 0.0968. The molecular formula is C25H16BrN3O3S2. The van der Waals surface area contributed by atoms with Crippen molar-refractivity contribution in [1.29, 1.82) is 0 Å². The standard InChI is InChI=1S/C25H16BrN3O3S2/c26-16-4-3-5-17(13-16)29-22(27-20-7-2-1-6-19(20)24(29)31)14-32-18-10-8-15(9-11-18)12-21-23(30)28-25(33)34-21/h1-13H,14H2,(H,28,30,33). The van der Waals surface area contributed by atoms with E-state index in [2.05, 4.69) is 21.2 Å². The highest BCUT2D eigenvalue weighted by Gasteiger charge is 2.21. The average Bonchev–Trinajstić information content (AvgIpc) is 3.15. The molecule has 4 aromatic rings. The third kappa shape index (κ3) is 4.68. The van der Waals surface area contributed by atoms with Gasteiger partial charge >= 0.3 is 0 Å². The summed E-state index contributed by atoms with van der Waals surface area (Å²) >= 11 is 9.73. The Morgan fingerprint density at radius 1 is 1.06 bits per heavy atom. The average molecular weight is 550 g/mol. The van der Waals surface area contributed by atoms with Crippen LogP contribution in [0.2, 0.25) is 0 Å². The second-order valence-electron chi connectivity index (χ2n) is 7.38. The highest BCUT2D eigenvalue weighted by Crippen LogP contribution is 2.26. The maximum atomic E-state index is 13.3. The topological polar surface area (TPSA) is 73.2 Å². The van der Waals surface area contributed by atoms with Crippen molar-refractivity contribution < 1.29 is 9.53 Å². The van der Waals surface area contributed by atoms with Gasteiger partial charge in [0.05, 0.1) is 21.5 Å². The number of thioether (sulfide) groups is 1. The van der Waals surface area contributed by atoms with Gasteiger partial charge in [0.2, 0.25) is 0 Å². The summed E-state index contributed by atoms with van der Waals surface area (Å²) in [6.07, 6.45) is 1.78. The van der Waals surface area contributed by atoms with Gasteiger partial charge in [0.25, 0.3) is 11.5 Å². The summed E-state index contributed by atoms with van der Waals surface area (Å²) in [4.78, 5) is 30.5. The van der Waals surface area contributed by atoms with E-state index in [-0.39, 0.29) is 18.1 Å². The molecule has 1 fully saturated rings. The largest absolute Gasteiger partial charge is 0.486 e. The van der Waals surface area contributed by atoms with E-state index in [0.29, 0.717) is 37.4 Å². The molecule has 0 radical (unpaired) electrons. The fraction of sp³-hybridized carbons (Fsp3) is 0.0400. The van der Waals surface area contributed by atoms with E-state index in [4.69, 9.17) is 21.9 Å². The number of carbonyl (C=O) groups excluding carboxylic acids is 1. The van der Waals surface area contributed by atoms with Gasteiger partial charge in [0, 0.05) is 4.47 Å². The number of amides is 1. The molecule has 168 valence electrons. The van der Waals surface area contributed by atoms with Gasteiger partial charge in [-0.25, -0.2) is 4.98 Å². The molecular weight excluding hydrogens is 534 g/mol. The Balaban J connectivity index is 1.44. The Morgan fingerprint density at radius 3 is 2.59 bits per heavy atom. The van der Waals surface area contributed by atoms with Gasteiger partial charge in [-0.1, -0.05) is 70.2 Å². The predicted octanol–water partition coefficient (Wildman–Crippen LogP) is 5.22. The minimum absolute atomic E-state index is 0.0968. The molecule has 0 aliphatic carbocycles. The normalized spacial score (nSPS) is 14.6. The van der Waals surface area contributed by atoms with E-state index in [1.807, 2.05) is 66.7 Å². The Labute approximate surface area is 212 Å². The number of hydrogen-bond donors (Lipinski definition) is 1. The van der Waals surface area contributed by atoms with Gasteiger partial charge in [0.1, 0.15) is 16.7 Å². The molecule has 5 rings (SSSR count). The van der Waals surface area contributed by atoms with Crippen LogP contribution in [-0.2, 0) is 11.4 Å². The van der Waals surface area contributed by atoms with E-state index in [9.17, 15) is 9.59 Å². The van der Waals surface area contributed by atoms with Crippen LogP contribution in [-0.4, -0.2) is 19.8 Å². The second-order valence-corrected chi connectivity index (χ2v) is 10.0. The van der Waals surface area contributed by atoms with Crippen molar-refractivity contribution >= 4 is 67.1 Å². The van der Waals surface area contributed by atoms with Gasteiger partial charge in [-0.2, -0.15) is 0 Å². The van der Waals surface area contributed by atoms with Crippen molar-refractivity contribution in [2.24, 2.45) is 0 Å². The summed E-state index contributed by atoms with van der Waals surface area (Å²) in [5, 5.41) is 3.14. The molecule has 1 amide bonds. The van der Waals surface area contributed by atoms with E-state index in [1.54, 1.807) is 16.7 Å². The van der Waals surface area contributed by atoms with E-state index in [1.165, 1.54) is 11.8 Å². The third-order valence-corrected chi connectivity index (χ3v) is 6.76. The monoisotopic (exact) mass is 549 g/mol. The molecule has 0 spiro atoms. The zero-order chi connectivity index (χ0) is 23.7. The molecule has 0 saturated carbocycles. The van der Waals surface area contributed by atoms with Crippen molar-refractivity contribution in [2.45, 2.75) is 6.61 Å². The molecule has 0 atom stereocenters. The fourth-order valence-electron chi connectivity index (χ4n) is 3.54. The maximum Gasteiger partial charge on any atom is 0.266 e. The summed E-state index contributed by atoms with van der Waals surface area (Å²) in [5.74, 6) is 0.910. The maximum absolute atomic E-state index is 13.3. The zero-order valence-electron chi connectivity index (χ0n) is 17.5. The lowest BCUT2D eigenvalue weighted by Gasteiger charge is -2.15. The first kappa shape index (κ1) is 22.5. The van der Waals surface area contributed by atoms with Crippen LogP contribution in [0.4, 0.5) is 0 Å². The Morgan fingerprint density at radius 2 is 1.85 bits per heavy atom. The molecule has 1 aliphatic rings. The lowest BCUT2D eigenvalue weighted by molar-refractivity contribution is -0.115. The molecule has 2 heterocycles. The zero-order valence-corrected chi connectivity index (χ0v) is 20.7. The van der Waals surface area contributed by atoms with Crippen LogP contribution in [0.1, 0.15) is 11.4 Å². The van der Waals surface area contributed by atoms with Crippen LogP contribution < -0.4 is 15.6 Å². The number of carbonyl (C=O) groups is 1. The molecule has 6 nitrogen and oxygen atoms in total. The Kier molecular flexibility index (Phi) is 6.32. The summed E-state index contributed by atoms with van der Waals surface area (Å²) in [7, 11) is 0. The number of fused-ring (bicyclic) bond motifs is 1. The van der Waals surface area contributed by atoms with Gasteiger partial charge in [0.15, 0.2) is 5.82 Å². The molecule has 1 aliphatic heterocycles. The van der Waals surface area contributed by atoms with Crippen molar-refractivity contribution in [3.05, 3.63) is 104 Å². The van der Waals surface area contributed by atoms with Crippen molar-refractivity contribution in [3.63, 3.8) is 0 Å². The number of nitrogens with zero attached hydrogens (tertiary/aromatic N) is 2. The lowest BCUT2D eigenvalue weighted by atomic mass is 10.2. The van der Waals surface area contributed by atoms with E-state index < -0.39 is 0 Å². The molecule has 1 saturated heterocycles. The van der Waals surface area contributed by atoms with Gasteiger partial charge < -0.3 is 10.1 Å². The van der Waals surface area contributed by atoms with Crippen LogP contribution in [0.15, 0.2) is 87.0 Å². The number of hydrogen-bond acceptors (Lipinski definition) is 6. The van der Waals surface area contributed by atoms with Crippen LogP contribution in [0.3, 0.4) is 0 Å². The third-order valence-electron chi connectivity index (χ3n) is 5.10. The quantitative estimate of drug-likeness (QED) is 0.272. The number of halogens is 1. The first-order valence-corrected chi connectivity index (χ1v) is 12.2. The number of aromatic nitrogens is 2. The van der Waals surface area contributed by atoms with Crippen LogP contribution in [0.5, 0.6) is 5.75 Å². The summed E-state index contributed by atoms with van der Waals surface area (Å²) in [5.41, 5.74) is 2.01. The number of nitrogens with one attached hydrogen (secondary N) is 1. The molecule has 1 N–H and O–H groups in total. The van der Waals surface area contributed by atoms with E-state index >= 15 is 0 Å². The lowest BCUT2D eigenvalue weighted by Crippen LogP contribution is -2.25. The molecule has 0 bridgehead atoms. The molecule has 34 heavy (non-hydrogen) atoms. The Bertz CT molecular complexity index is 1530. The smallest absolute Gasteiger partial charge is 0.266 e. The highest BCUT2D eigenvalue weighted by molar-refractivity contribution is 9.10. The minimum Gasteiger partial charge on any atom is -0.486 e. The van der Waals surface area contributed by atoms with Crippen molar-refractivity contribution in [1.82, 2.24) is 14.9 Å². The van der Waals surface area contributed by atoms with Crippen LogP contribution in [0, 0.1) is 0 Å². The van der Waals surface area contributed by atoms with E-state index in [0.717, 1.165) is 10.0 Å². The van der Waals surface area contributed by atoms with Crippen molar-refractivity contribution in [3.8, 4) is 11.4 Å². The van der Waals surface area contributed by atoms with Gasteiger partial charge in [-0.05, 0) is 54.1 Å². The van der Waals surface area contributed by atoms with Crippen LogP contribution >= 0.6 is 39.9 Å². The highest BCUT2D eigenvalue weighted by atomic mass is 79.9.